The highest BCUT2D eigenvalue weighted by molar-refractivity contribution is 5.57. The molecule has 0 aliphatic carbocycles. The van der Waals surface area contributed by atoms with E-state index in [1.807, 2.05) is 24.3 Å². The molecule has 2 heterocycles. The fourth-order valence-corrected chi connectivity index (χ4v) is 2.38. The van der Waals surface area contributed by atoms with Gasteiger partial charge in [-0.3, -0.25) is 4.98 Å². The first-order valence-electron chi connectivity index (χ1n) is 5.79. The highest BCUT2D eigenvalue weighted by Gasteiger charge is 2.22. The minimum atomic E-state index is -0.196. The van der Waals surface area contributed by atoms with Gasteiger partial charge >= 0.3 is 0 Å². The van der Waals surface area contributed by atoms with Crippen molar-refractivity contribution in [2.24, 2.45) is 0 Å². The summed E-state index contributed by atoms with van der Waals surface area (Å²) < 4.78 is 13.2. The van der Waals surface area contributed by atoms with Crippen molar-refractivity contribution in [2.45, 2.75) is 12.3 Å². The van der Waals surface area contributed by atoms with Crippen LogP contribution in [0, 0.1) is 5.82 Å². The van der Waals surface area contributed by atoms with Gasteiger partial charge in [-0.2, -0.15) is 0 Å². The molecule has 1 atom stereocenters. The van der Waals surface area contributed by atoms with Crippen LogP contribution in [0.4, 0.5) is 10.1 Å². The summed E-state index contributed by atoms with van der Waals surface area (Å²) in [5, 5.41) is 3.24. The highest BCUT2D eigenvalue weighted by atomic mass is 19.1. The molecule has 3 heteroatoms. The normalized spacial score (nSPS) is 18.3. The summed E-state index contributed by atoms with van der Waals surface area (Å²) in [6, 6.07) is 10.9. The van der Waals surface area contributed by atoms with Gasteiger partial charge in [-0.25, -0.2) is 4.39 Å². The van der Waals surface area contributed by atoms with E-state index < -0.39 is 0 Å². The molecule has 0 radical (unpaired) electrons. The van der Waals surface area contributed by atoms with Crippen molar-refractivity contribution in [3.63, 3.8) is 0 Å². The molecule has 1 N–H and O–H groups in total. The van der Waals surface area contributed by atoms with E-state index in [0.29, 0.717) is 0 Å². The molecule has 0 fully saturated rings. The zero-order valence-electron chi connectivity index (χ0n) is 9.36. The second-order valence-corrected chi connectivity index (χ2v) is 4.25. The first kappa shape index (κ1) is 10.3. The molecule has 86 valence electrons. The number of hydrogen-bond acceptors (Lipinski definition) is 2. The van der Waals surface area contributed by atoms with E-state index in [1.165, 1.54) is 6.07 Å². The van der Waals surface area contributed by atoms with Crippen molar-refractivity contribution in [3.05, 3.63) is 59.7 Å². The molecule has 1 aromatic heterocycles. The number of hydrogen-bond donors (Lipinski definition) is 1. The fraction of sp³-hybridized carbons (Fsp3) is 0.214. The SMILES string of the molecule is Fc1ccc2c(c1)NCCC2c1ccccn1. The molecule has 1 aromatic carbocycles. The van der Waals surface area contributed by atoms with Crippen LogP contribution in [-0.4, -0.2) is 11.5 Å². The van der Waals surface area contributed by atoms with Gasteiger partial charge in [0.15, 0.2) is 0 Å². The number of benzene rings is 1. The van der Waals surface area contributed by atoms with E-state index in [9.17, 15) is 4.39 Å². The van der Waals surface area contributed by atoms with E-state index >= 15 is 0 Å². The summed E-state index contributed by atoms with van der Waals surface area (Å²) in [5.74, 6) is 0.0750. The smallest absolute Gasteiger partial charge is 0.125 e. The summed E-state index contributed by atoms with van der Waals surface area (Å²) >= 11 is 0. The largest absolute Gasteiger partial charge is 0.385 e. The average molecular weight is 228 g/mol. The molecule has 2 nitrogen and oxygen atoms in total. The Morgan fingerprint density at radius 2 is 2.18 bits per heavy atom. The average Bonchev–Trinajstić information content (AvgIpc) is 2.39. The van der Waals surface area contributed by atoms with Gasteiger partial charge in [-0.1, -0.05) is 12.1 Å². The van der Waals surface area contributed by atoms with Crippen LogP contribution in [0.5, 0.6) is 0 Å². The lowest BCUT2D eigenvalue weighted by molar-refractivity contribution is 0.622. The maximum absolute atomic E-state index is 13.2. The van der Waals surface area contributed by atoms with Gasteiger partial charge in [0.1, 0.15) is 5.82 Å². The van der Waals surface area contributed by atoms with Crippen LogP contribution in [0.25, 0.3) is 0 Å². The van der Waals surface area contributed by atoms with E-state index in [1.54, 1.807) is 12.3 Å². The Kier molecular flexibility index (Phi) is 2.52. The molecule has 0 saturated heterocycles. The molecule has 0 saturated carbocycles. The molecule has 3 rings (SSSR count). The number of pyridine rings is 1. The fourth-order valence-electron chi connectivity index (χ4n) is 2.38. The lowest BCUT2D eigenvalue weighted by Crippen LogP contribution is -2.18. The minimum absolute atomic E-state index is 0.196. The van der Waals surface area contributed by atoms with Crippen LogP contribution in [0.15, 0.2) is 42.6 Å². The molecular formula is C14H13FN2. The van der Waals surface area contributed by atoms with E-state index in [4.69, 9.17) is 0 Å². The second-order valence-electron chi connectivity index (χ2n) is 4.25. The molecular weight excluding hydrogens is 215 g/mol. The Morgan fingerprint density at radius 1 is 1.24 bits per heavy atom. The third-order valence-electron chi connectivity index (χ3n) is 3.18. The highest BCUT2D eigenvalue weighted by Crippen LogP contribution is 2.35. The Bertz CT molecular complexity index is 525. The standard InChI is InChI=1S/C14H13FN2/c15-10-4-5-11-12(6-8-17-14(11)9-10)13-3-1-2-7-16-13/h1-5,7,9,12,17H,6,8H2. The Labute approximate surface area is 99.5 Å². The molecule has 1 aliphatic rings. The molecule has 2 aromatic rings. The van der Waals surface area contributed by atoms with Crippen LogP contribution in [0.3, 0.4) is 0 Å². The lowest BCUT2D eigenvalue weighted by atomic mass is 9.88. The third kappa shape index (κ3) is 1.88. The quantitative estimate of drug-likeness (QED) is 0.811. The molecule has 0 amide bonds. The molecule has 0 spiro atoms. The maximum atomic E-state index is 13.2. The van der Waals surface area contributed by atoms with Crippen LogP contribution < -0.4 is 5.32 Å². The summed E-state index contributed by atoms with van der Waals surface area (Å²) in [6.45, 7) is 0.859. The summed E-state index contributed by atoms with van der Waals surface area (Å²) in [7, 11) is 0. The van der Waals surface area contributed by atoms with Crippen molar-refractivity contribution in [3.8, 4) is 0 Å². The van der Waals surface area contributed by atoms with Gasteiger partial charge in [0.2, 0.25) is 0 Å². The van der Waals surface area contributed by atoms with E-state index in [-0.39, 0.29) is 11.7 Å². The number of halogens is 1. The first-order valence-corrected chi connectivity index (χ1v) is 5.79. The van der Waals surface area contributed by atoms with E-state index in [2.05, 4.69) is 10.3 Å². The van der Waals surface area contributed by atoms with Crippen LogP contribution in [-0.2, 0) is 0 Å². The predicted octanol–water partition coefficient (Wildman–Crippen LogP) is 3.17. The number of nitrogens with one attached hydrogen (secondary N) is 1. The number of anilines is 1. The van der Waals surface area contributed by atoms with E-state index in [0.717, 1.165) is 29.9 Å². The van der Waals surface area contributed by atoms with Crippen molar-refractivity contribution < 1.29 is 4.39 Å². The van der Waals surface area contributed by atoms with Gasteiger partial charge in [0.25, 0.3) is 0 Å². The van der Waals surface area contributed by atoms with Crippen LogP contribution >= 0.6 is 0 Å². The monoisotopic (exact) mass is 228 g/mol. The lowest BCUT2D eigenvalue weighted by Gasteiger charge is -2.26. The van der Waals surface area contributed by atoms with Gasteiger partial charge in [-0.15, -0.1) is 0 Å². The van der Waals surface area contributed by atoms with Gasteiger partial charge < -0.3 is 5.32 Å². The summed E-state index contributed by atoms with van der Waals surface area (Å²) in [4.78, 5) is 4.40. The number of nitrogens with zero attached hydrogens (tertiary/aromatic N) is 1. The molecule has 1 aliphatic heterocycles. The third-order valence-corrected chi connectivity index (χ3v) is 3.18. The second kappa shape index (κ2) is 4.17. The van der Waals surface area contributed by atoms with Crippen LogP contribution in [0.2, 0.25) is 0 Å². The molecule has 1 unspecified atom stereocenters. The summed E-state index contributed by atoms with van der Waals surface area (Å²) in [6.07, 6.45) is 2.80. The maximum Gasteiger partial charge on any atom is 0.125 e. The Morgan fingerprint density at radius 3 is 3.00 bits per heavy atom. The number of fused-ring (bicyclic) bond motifs is 1. The minimum Gasteiger partial charge on any atom is -0.385 e. The first-order chi connectivity index (χ1) is 8.34. The Hall–Kier alpha value is -1.90. The number of rotatable bonds is 1. The van der Waals surface area contributed by atoms with Gasteiger partial charge in [0.05, 0.1) is 0 Å². The molecule has 17 heavy (non-hydrogen) atoms. The topological polar surface area (TPSA) is 24.9 Å². The number of aromatic nitrogens is 1. The van der Waals surface area contributed by atoms with Gasteiger partial charge in [-0.05, 0) is 36.2 Å². The molecule has 0 bridgehead atoms. The van der Waals surface area contributed by atoms with Gasteiger partial charge in [0, 0.05) is 30.0 Å². The predicted molar refractivity (Wildman–Crippen MR) is 65.6 cm³/mol. The van der Waals surface area contributed by atoms with Crippen molar-refractivity contribution in [1.29, 1.82) is 0 Å². The Balaban J connectivity index is 2.06. The summed E-state index contributed by atoms with van der Waals surface area (Å²) in [5.41, 5.74) is 3.09. The van der Waals surface area contributed by atoms with Crippen LogP contribution in [0.1, 0.15) is 23.6 Å². The van der Waals surface area contributed by atoms with Crippen molar-refractivity contribution >= 4 is 5.69 Å². The van der Waals surface area contributed by atoms with Crippen molar-refractivity contribution in [1.82, 2.24) is 4.98 Å². The zero-order chi connectivity index (χ0) is 11.7. The zero-order valence-corrected chi connectivity index (χ0v) is 9.36. The van der Waals surface area contributed by atoms with Crippen molar-refractivity contribution in [2.75, 3.05) is 11.9 Å².